The first kappa shape index (κ1) is 16.2. The van der Waals surface area contributed by atoms with E-state index in [1.54, 1.807) is 4.68 Å². The summed E-state index contributed by atoms with van der Waals surface area (Å²) in [6.45, 7) is 1.13. The van der Waals surface area contributed by atoms with Crippen LogP contribution in [0, 0.1) is 0 Å². The number of aryl methyl sites for hydroxylation is 1. The summed E-state index contributed by atoms with van der Waals surface area (Å²) in [5.74, 6) is 0.0300. The molecule has 0 spiro atoms. The highest BCUT2D eigenvalue weighted by atomic mass is 16.4. The van der Waals surface area contributed by atoms with Gasteiger partial charge in [-0.05, 0) is 25.3 Å². The Morgan fingerprint density at radius 3 is 2.93 bits per heavy atom. The lowest BCUT2D eigenvalue weighted by Gasteiger charge is -2.11. The lowest BCUT2D eigenvalue weighted by Crippen LogP contribution is -2.22. The smallest absolute Gasteiger partial charge is 0.298 e. The second-order valence-electron chi connectivity index (χ2n) is 7.27. The minimum atomic E-state index is -0.382. The zero-order valence-corrected chi connectivity index (χ0v) is 14.9. The van der Waals surface area contributed by atoms with Crippen LogP contribution in [-0.2, 0) is 7.05 Å². The average molecular weight is 368 g/mol. The summed E-state index contributed by atoms with van der Waals surface area (Å²) < 4.78 is 7.15. The van der Waals surface area contributed by atoms with E-state index < -0.39 is 0 Å². The minimum absolute atomic E-state index is 0.208. The second-order valence-corrected chi connectivity index (χ2v) is 7.27. The average Bonchev–Trinajstić information content (AvgIpc) is 3.03. The van der Waals surface area contributed by atoms with Crippen molar-refractivity contribution in [3.05, 3.63) is 29.9 Å². The SMILES string of the molecule is Cn1cc2cc(NC(=O)c3coc(N4CC[C@H](O)C4)n3)c(C3CC3)nc2n1. The number of β-amino-alcohol motifs (C(OH)–C–C–N with tert-alkyl or cyclic N) is 1. The zero-order valence-electron chi connectivity index (χ0n) is 14.9. The van der Waals surface area contributed by atoms with Crippen LogP contribution in [0.5, 0.6) is 0 Å². The Morgan fingerprint density at radius 1 is 1.33 bits per heavy atom. The van der Waals surface area contributed by atoms with Gasteiger partial charge in [-0.25, -0.2) is 4.98 Å². The fraction of sp³-hybridized carbons (Fsp3) is 0.444. The van der Waals surface area contributed by atoms with Crippen LogP contribution in [0.15, 0.2) is 22.9 Å². The summed E-state index contributed by atoms with van der Waals surface area (Å²) in [6.07, 6.45) is 5.65. The highest BCUT2D eigenvalue weighted by molar-refractivity contribution is 6.04. The number of carbonyl (C=O) groups excluding carboxylic acids is 1. The monoisotopic (exact) mass is 368 g/mol. The van der Waals surface area contributed by atoms with Crippen LogP contribution in [0.1, 0.15) is 41.4 Å². The maximum Gasteiger partial charge on any atom is 0.298 e. The quantitative estimate of drug-likeness (QED) is 0.721. The fourth-order valence-corrected chi connectivity index (χ4v) is 3.47. The number of hydrogen-bond donors (Lipinski definition) is 2. The number of anilines is 2. The molecule has 140 valence electrons. The minimum Gasteiger partial charge on any atom is -0.431 e. The zero-order chi connectivity index (χ0) is 18.5. The van der Waals surface area contributed by atoms with E-state index in [0.717, 1.165) is 23.9 Å². The predicted molar refractivity (Wildman–Crippen MR) is 97.8 cm³/mol. The van der Waals surface area contributed by atoms with Crippen LogP contribution in [0.3, 0.4) is 0 Å². The van der Waals surface area contributed by atoms with E-state index in [4.69, 9.17) is 4.42 Å². The molecule has 0 bridgehead atoms. The lowest BCUT2D eigenvalue weighted by atomic mass is 10.2. The molecule has 9 heteroatoms. The molecule has 0 radical (unpaired) electrons. The number of nitrogens with one attached hydrogen (secondary N) is 1. The van der Waals surface area contributed by atoms with Gasteiger partial charge in [0.25, 0.3) is 11.9 Å². The van der Waals surface area contributed by atoms with Crippen LogP contribution in [-0.4, -0.2) is 50.0 Å². The molecule has 3 aromatic rings. The first-order chi connectivity index (χ1) is 13.1. The van der Waals surface area contributed by atoms with Crippen LogP contribution in [0.2, 0.25) is 0 Å². The number of rotatable bonds is 4. The first-order valence-electron chi connectivity index (χ1n) is 9.11. The number of oxazole rings is 1. The Balaban J connectivity index is 1.40. The van der Waals surface area contributed by atoms with Crippen LogP contribution in [0.25, 0.3) is 11.0 Å². The molecular formula is C18H20N6O3. The van der Waals surface area contributed by atoms with Crippen molar-refractivity contribution < 1.29 is 14.3 Å². The molecule has 1 aliphatic carbocycles. The van der Waals surface area contributed by atoms with Crippen molar-refractivity contribution in [2.75, 3.05) is 23.3 Å². The number of amides is 1. The van der Waals surface area contributed by atoms with E-state index in [9.17, 15) is 9.90 Å². The Bertz CT molecular complexity index is 1020. The van der Waals surface area contributed by atoms with Gasteiger partial charge in [0.2, 0.25) is 0 Å². The van der Waals surface area contributed by atoms with Gasteiger partial charge < -0.3 is 19.7 Å². The topological polar surface area (TPSA) is 109 Å². The Labute approximate surface area is 155 Å². The lowest BCUT2D eigenvalue weighted by molar-refractivity contribution is 0.102. The van der Waals surface area contributed by atoms with Gasteiger partial charge in [0, 0.05) is 37.6 Å². The summed E-state index contributed by atoms with van der Waals surface area (Å²) in [6, 6.07) is 2.28. The molecule has 1 amide bonds. The molecule has 1 saturated carbocycles. The number of carbonyl (C=O) groups is 1. The van der Waals surface area contributed by atoms with Gasteiger partial charge in [0.1, 0.15) is 6.26 Å². The van der Waals surface area contributed by atoms with Gasteiger partial charge in [0.05, 0.1) is 17.5 Å². The number of aromatic nitrogens is 4. The molecule has 1 aliphatic heterocycles. The molecule has 0 unspecified atom stereocenters. The molecular weight excluding hydrogens is 348 g/mol. The summed E-state index contributed by atoms with van der Waals surface area (Å²) in [4.78, 5) is 23.5. The third kappa shape index (κ3) is 3.03. The molecule has 1 saturated heterocycles. The number of aliphatic hydroxyl groups excluding tert-OH is 1. The highest BCUT2D eigenvalue weighted by Crippen LogP contribution is 2.43. The van der Waals surface area contributed by atoms with Crippen molar-refractivity contribution in [3.63, 3.8) is 0 Å². The molecule has 27 heavy (non-hydrogen) atoms. The Morgan fingerprint density at radius 2 is 2.19 bits per heavy atom. The molecule has 4 heterocycles. The molecule has 0 aromatic carbocycles. The largest absolute Gasteiger partial charge is 0.431 e. The van der Waals surface area contributed by atoms with Gasteiger partial charge in [0.15, 0.2) is 11.3 Å². The second kappa shape index (κ2) is 6.05. The first-order valence-corrected chi connectivity index (χ1v) is 9.11. The van der Waals surface area contributed by atoms with E-state index in [-0.39, 0.29) is 17.7 Å². The fourth-order valence-electron chi connectivity index (χ4n) is 3.47. The van der Waals surface area contributed by atoms with Crippen molar-refractivity contribution in [1.82, 2.24) is 19.7 Å². The maximum atomic E-state index is 12.7. The van der Waals surface area contributed by atoms with Gasteiger partial charge in [-0.1, -0.05) is 0 Å². The Hall–Kier alpha value is -2.94. The number of fused-ring (bicyclic) bond motifs is 1. The van der Waals surface area contributed by atoms with Crippen molar-refractivity contribution in [2.45, 2.75) is 31.3 Å². The standard InChI is InChI=1S/C18H20N6O3/c1-23-7-11-6-13(15(10-2-3-10)21-16(11)22-23)19-17(26)14-9-27-18(20-14)24-5-4-12(25)8-24/h6-7,9-10,12,25H,2-5,8H2,1H3,(H,19,26)/t12-/m0/s1. The predicted octanol–water partition coefficient (Wildman–Crippen LogP) is 1.66. The number of pyridine rings is 1. The van der Waals surface area contributed by atoms with Crippen molar-refractivity contribution in [2.24, 2.45) is 7.05 Å². The number of aliphatic hydroxyl groups is 1. The van der Waals surface area contributed by atoms with Gasteiger partial charge >= 0.3 is 0 Å². The Kier molecular flexibility index (Phi) is 3.64. The van der Waals surface area contributed by atoms with Crippen molar-refractivity contribution >= 4 is 28.6 Å². The van der Waals surface area contributed by atoms with Crippen LogP contribution >= 0.6 is 0 Å². The summed E-state index contributed by atoms with van der Waals surface area (Å²) in [5, 5.41) is 17.8. The maximum absolute atomic E-state index is 12.7. The highest BCUT2D eigenvalue weighted by Gasteiger charge is 2.30. The molecule has 2 N–H and O–H groups in total. The summed E-state index contributed by atoms with van der Waals surface area (Å²) in [7, 11) is 1.85. The third-order valence-electron chi connectivity index (χ3n) is 5.01. The molecule has 9 nitrogen and oxygen atoms in total. The van der Waals surface area contributed by atoms with Crippen LogP contribution < -0.4 is 10.2 Å². The summed E-state index contributed by atoms with van der Waals surface area (Å²) >= 11 is 0. The normalized spacial score (nSPS) is 19.8. The number of hydrogen-bond acceptors (Lipinski definition) is 7. The van der Waals surface area contributed by atoms with E-state index in [1.807, 2.05) is 24.2 Å². The molecule has 2 fully saturated rings. The van der Waals surface area contributed by atoms with Crippen LogP contribution in [0.4, 0.5) is 11.7 Å². The van der Waals surface area contributed by atoms with E-state index >= 15 is 0 Å². The van der Waals surface area contributed by atoms with E-state index in [1.165, 1.54) is 6.26 Å². The van der Waals surface area contributed by atoms with Gasteiger partial charge in [-0.3, -0.25) is 9.48 Å². The molecule has 1 atom stereocenters. The molecule has 5 rings (SSSR count). The summed E-state index contributed by atoms with van der Waals surface area (Å²) in [5.41, 5.74) is 2.47. The van der Waals surface area contributed by atoms with Crippen molar-refractivity contribution in [3.8, 4) is 0 Å². The molecule has 2 aliphatic rings. The van der Waals surface area contributed by atoms with Gasteiger partial charge in [-0.2, -0.15) is 10.1 Å². The third-order valence-corrected chi connectivity index (χ3v) is 5.01. The van der Waals surface area contributed by atoms with E-state index in [0.29, 0.717) is 42.8 Å². The number of nitrogens with zero attached hydrogens (tertiary/aromatic N) is 5. The van der Waals surface area contributed by atoms with Crippen molar-refractivity contribution in [1.29, 1.82) is 0 Å². The molecule has 3 aromatic heterocycles. The van der Waals surface area contributed by atoms with E-state index in [2.05, 4.69) is 20.4 Å². The van der Waals surface area contributed by atoms with Gasteiger partial charge in [-0.15, -0.1) is 0 Å².